The molecule has 1 heterocycles. The Balaban J connectivity index is -0.000000268. The smallest absolute Gasteiger partial charge is 0.655 e. The second kappa shape index (κ2) is 20.0. The summed E-state index contributed by atoms with van der Waals surface area (Å²) in [5.41, 5.74) is 2.25. The molecule has 0 aliphatic carbocycles. The summed E-state index contributed by atoms with van der Waals surface area (Å²) in [6, 6.07) is 0. The number of hydrogen-bond acceptors (Lipinski definition) is 11. The van der Waals surface area contributed by atoms with Crippen LogP contribution in [0.2, 0.25) is 0 Å². The standard InChI is InChI=1S/C16H30N4.Co.3NO3/c1-13-11-15(3,4)19-10-8-18-14(2)12-16(5,6)20-9-7-17-13;;3*2-1(3)4/h7-12H2,1-6H3;;;;/q-2;+3;3*-1. The maximum Gasteiger partial charge on any atom is 3.00 e. The summed E-state index contributed by atoms with van der Waals surface area (Å²) in [4.78, 5) is 34.0. The minimum absolute atomic E-state index is 0. The SMILES string of the molecule is CC1=NCC[N-]C(C)(C)CC(C)=NCC[N-]C(C)(C)C1.O=[N+]([O-])[O-].O=[N+]([O-])[O-].O=[N+]([O-])[O-].[Co+3]. The van der Waals surface area contributed by atoms with Gasteiger partial charge in [0.15, 0.2) is 0 Å². The zero-order valence-corrected chi connectivity index (χ0v) is 20.4. The van der Waals surface area contributed by atoms with Crippen molar-refractivity contribution in [3.05, 3.63) is 56.6 Å². The molecule has 0 unspecified atom stereocenters. The van der Waals surface area contributed by atoms with Crippen LogP contribution in [0.4, 0.5) is 0 Å². The van der Waals surface area contributed by atoms with Crippen LogP contribution in [0.15, 0.2) is 9.98 Å². The van der Waals surface area contributed by atoms with E-state index in [1.165, 1.54) is 11.4 Å². The summed E-state index contributed by atoms with van der Waals surface area (Å²) in [5, 5.41) is 53.8. The minimum Gasteiger partial charge on any atom is -0.655 e. The molecular weight excluding hydrogens is 493 g/mol. The summed E-state index contributed by atoms with van der Waals surface area (Å²) >= 11 is 0. The molecule has 0 atom stereocenters. The number of hydrogen-bond donors (Lipinski definition) is 0. The number of aliphatic imine (C=N–C) groups is 2. The van der Waals surface area contributed by atoms with E-state index in [2.05, 4.69) is 51.5 Å². The molecule has 1 rings (SSSR count). The van der Waals surface area contributed by atoms with E-state index in [-0.39, 0.29) is 27.9 Å². The van der Waals surface area contributed by atoms with Gasteiger partial charge in [0.2, 0.25) is 0 Å². The van der Waals surface area contributed by atoms with Crippen LogP contribution in [-0.4, -0.2) is 63.9 Å². The van der Waals surface area contributed by atoms with Gasteiger partial charge in [-0.25, -0.2) is 0 Å². The first-order valence-electron chi connectivity index (χ1n) is 9.22. The van der Waals surface area contributed by atoms with Gasteiger partial charge < -0.3 is 56.6 Å². The molecule has 0 bridgehead atoms. The minimum atomic E-state index is -1.75. The van der Waals surface area contributed by atoms with Gasteiger partial charge in [0.05, 0.1) is 15.3 Å². The third-order valence-corrected chi connectivity index (χ3v) is 3.42. The molecule has 0 aromatic rings. The predicted molar refractivity (Wildman–Crippen MR) is 121 cm³/mol. The van der Waals surface area contributed by atoms with E-state index < -0.39 is 15.3 Å². The molecule has 0 amide bonds. The van der Waals surface area contributed by atoms with Crippen molar-refractivity contribution < 1.29 is 32.0 Å². The Morgan fingerprint density at radius 1 is 0.667 bits per heavy atom. The normalized spacial score (nSPS) is 17.5. The maximum atomic E-state index is 8.25. The van der Waals surface area contributed by atoms with Gasteiger partial charge in [-0.05, 0) is 26.7 Å². The summed E-state index contributed by atoms with van der Waals surface area (Å²) < 4.78 is 0. The molecule has 16 nitrogen and oxygen atoms in total. The van der Waals surface area contributed by atoms with Crippen molar-refractivity contribution in [2.45, 2.75) is 65.5 Å². The topological polar surface area (TPSA) is 252 Å². The van der Waals surface area contributed by atoms with Crippen molar-refractivity contribution >= 4 is 11.4 Å². The Kier molecular flexibility index (Phi) is 22.8. The van der Waals surface area contributed by atoms with Crippen LogP contribution in [0.1, 0.15) is 54.4 Å². The van der Waals surface area contributed by atoms with Crippen LogP contribution < -0.4 is 0 Å². The second-order valence-electron chi connectivity index (χ2n) is 7.65. The monoisotopic (exact) mass is 523 g/mol. The van der Waals surface area contributed by atoms with Crippen LogP contribution in [0.5, 0.6) is 0 Å². The van der Waals surface area contributed by atoms with Crippen LogP contribution in [0, 0.1) is 46.0 Å². The quantitative estimate of drug-likeness (QED) is 0.333. The predicted octanol–water partition coefficient (Wildman–Crippen LogP) is 3.29. The first-order chi connectivity index (χ1) is 14.4. The first-order valence-corrected chi connectivity index (χ1v) is 9.22. The molecule has 0 aromatic heterocycles. The van der Waals surface area contributed by atoms with Crippen molar-refractivity contribution in [2.75, 3.05) is 26.2 Å². The zero-order chi connectivity index (χ0) is 26.0. The van der Waals surface area contributed by atoms with Gasteiger partial charge in [-0.15, -0.1) is 24.2 Å². The van der Waals surface area contributed by atoms with Crippen LogP contribution >= 0.6 is 0 Å². The summed E-state index contributed by atoms with van der Waals surface area (Å²) in [6.07, 6.45) is 1.83. The number of rotatable bonds is 0. The molecule has 33 heavy (non-hydrogen) atoms. The summed E-state index contributed by atoms with van der Waals surface area (Å²) in [6.45, 7) is 16.0. The van der Waals surface area contributed by atoms with E-state index in [1.54, 1.807) is 0 Å². The zero-order valence-electron chi connectivity index (χ0n) is 19.4. The average Bonchev–Trinajstić information content (AvgIpc) is 2.52. The fourth-order valence-electron chi connectivity index (χ4n) is 2.66. The van der Waals surface area contributed by atoms with E-state index in [1.807, 2.05) is 0 Å². The van der Waals surface area contributed by atoms with Gasteiger partial charge in [0.25, 0.3) is 0 Å². The van der Waals surface area contributed by atoms with Crippen LogP contribution in [0.3, 0.4) is 0 Å². The molecule has 0 aromatic carbocycles. The van der Waals surface area contributed by atoms with E-state index in [0.717, 1.165) is 39.0 Å². The van der Waals surface area contributed by atoms with Gasteiger partial charge in [-0.1, -0.05) is 27.7 Å². The molecule has 17 heteroatoms. The van der Waals surface area contributed by atoms with Gasteiger partial charge in [-0.2, -0.15) is 0 Å². The molecule has 1 aliphatic rings. The first kappa shape index (κ1) is 37.7. The Bertz CT molecular complexity index is 567. The van der Waals surface area contributed by atoms with E-state index in [9.17, 15) is 0 Å². The largest absolute Gasteiger partial charge is 3.00 e. The molecular formula is C16H30CoN7O9-2. The fourth-order valence-corrected chi connectivity index (χ4v) is 2.66. The molecule has 0 saturated heterocycles. The van der Waals surface area contributed by atoms with Crippen molar-refractivity contribution in [3.63, 3.8) is 0 Å². The van der Waals surface area contributed by atoms with E-state index in [0.29, 0.717) is 0 Å². The Morgan fingerprint density at radius 2 is 0.879 bits per heavy atom. The molecule has 0 radical (unpaired) electrons. The Hall–Kier alpha value is -2.63. The Morgan fingerprint density at radius 3 is 1.09 bits per heavy atom. The third-order valence-electron chi connectivity index (χ3n) is 3.42. The number of nitrogens with zero attached hydrogens (tertiary/aromatic N) is 7. The maximum absolute atomic E-state index is 8.25. The third kappa shape index (κ3) is 40.3. The molecule has 0 saturated carbocycles. The average molecular weight is 523 g/mol. The molecule has 0 spiro atoms. The fraction of sp³-hybridized carbons (Fsp3) is 0.875. The second-order valence-corrected chi connectivity index (χ2v) is 7.65. The molecule has 1 aliphatic heterocycles. The summed E-state index contributed by atoms with van der Waals surface area (Å²) in [5.74, 6) is 0. The van der Waals surface area contributed by atoms with E-state index in [4.69, 9.17) is 56.6 Å². The van der Waals surface area contributed by atoms with Gasteiger partial charge in [-0.3, -0.25) is 9.98 Å². The van der Waals surface area contributed by atoms with Gasteiger partial charge >= 0.3 is 16.8 Å². The van der Waals surface area contributed by atoms with Crippen molar-refractivity contribution in [2.24, 2.45) is 9.98 Å². The van der Waals surface area contributed by atoms with Crippen molar-refractivity contribution in [3.8, 4) is 0 Å². The summed E-state index contributed by atoms with van der Waals surface area (Å²) in [7, 11) is 0. The van der Waals surface area contributed by atoms with Crippen LogP contribution in [0.25, 0.3) is 10.6 Å². The Labute approximate surface area is 202 Å². The van der Waals surface area contributed by atoms with Crippen molar-refractivity contribution in [1.29, 1.82) is 0 Å². The van der Waals surface area contributed by atoms with E-state index >= 15 is 0 Å². The molecule has 194 valence electrons. The van der Waals surface area contributed by atoms with Gasteiger partial charge in [0, 0.05) is 24.5 Å². The van der Waals surface area contributed by atoms with Gasteiger partial charge in [0.1, 0.15) is 0 Å². The molecule has 0 fully saturated rings. The van der Waals surface area contributed by atoms with Crippen LogP contribution in [-0.2, 0) is 16.8 Å². The van der Waals surface area contributed by atoms with Crippen molar-refractivity contribution in [1.82, 2.24) is 0 Å². The molecule has 0 N–H and O–H groups in total.